The van der Waals surface area contributed by atoms with E-state index >= 15 is 0 Å². The van der Waals surface area contributed by atoms with Gasteiger partial charge in [0.15, 0.2) is 0 Å². The molecule has 3 aliphatic carbocycles. The van der Waals surface area contributed by atoms with Crippen LogP contribution >= 0.6 is 11.6 Å². The molecule has 0 saturated heterocycles. The van der Waals surface area contributed by atoms with Crippen molar-refractivity contribution in [1.82, 2.24) is 5.32 Å². The van der Waals surface area contributed by atoms with Gasteiger partial charge in [-0.3, -0.25) is 0 Å². The summed E-state index contributed by atoms with van der Waals surface area (Å²) in [7, 11) is 0. The van der Waals surface area contributed by atoms with Gasteiger partial charge in [0.25, 0.3) is 0 Å². The summed E-state index contributed by atoms with van der Waals surface area (Å²) in [5, 5.41) is 4.69. The van der Waals surface area contributed by atoms with Crippen LogP contribution in [0, 0.1) is 5.41 Å². The third-order valence-corrected chi connectivity index (χ3v) is 6.32. The molecule has 1 spiro atoms. The second kappa shape index (κ2) is 5.28. The Kier molecular flexibility index (Phi) is 3.54. The summed E-state index contributed by atoms with van der Waals surface area (Å²) in [5.74, 6) is 0. The average Bonchev–Trinajstić information content (AvgIpc) is 3.28. The van der Waals surface area contributed by atoms with Crippen LogP contribution in [0.4, 0.5) is 0 Å². The molecule has 21 heavy (non-hydrogen) atoms. The van der Waals surface area contributed by atoms with Crippen LogP contribution in [0.3, 0.4) is 0 Å². The normalized spacial score (nSPS) is 26.5. The van der Waals surface area contributed by atoms with E-state index in [4.69, 9.17) is 11.6 Å². The van der Waals surface area contributed by atoms with Gasteiger partial charge in [-0.15, -0.1) is 0 Å². The zero-order valence-corrected chi connectivity index (χ0v) is 13.6. The Morgan fingerprint density at radius 3 is 2.52 bits per heavy atom. The van der Waals surface area contributed by atoms with Crippen molar-refractivity contribution in [3.05, 3.63) is 34.9 Å². The second-order valence-corrected chi connectivity index (χ2v) is 8.30. The van der Waals surface area contributed by atoms with Crippen LogP contribution in [0.1, 0.15) is 63.4 Å². The molecular weight excluding hydrogens is 278 g/mol. The van der Waals surface area contributed by atoms with Crippen LogP contribution in [0.15, 0.2) is 24.3 Å². The molecule has 0 aliphatic heterocycles. The van der Waals surface area contributed by atoms with Crippen molar-refractivity contribution in [3.63, 3.8) is 0 Å². The van der Waals surface area contributed by atoms with Crippen molar-refractivity contribution >= 4 is 11.6 Å². The first-order valence-corrected chi connectivity index (χ1v) is 9.07. The largest absolute Gasteiger partial charge is 0.313 e. The predicted molar refractivity (Wildman–Crippen MR) is 88.9 cm³/mol. The lowest BCUT2D eigenvalue weighted by Crippen LogP contribution is -2.55. The van der Waals surface area contributed by atoms with E-state index in [1.165, 1.54) is 63.4 Å². The number of hydrogen-bond donors (Lipinski definition) is 1. The summed E-state index contributed by atoms with van der Waals surface area (Å²) in [6.07, 6.45) is 12.8. The molecule has 114 valence electrons. The van der Waals surface area contributed by atoms with E-state index < -0.39 is 0 Å². The van der Waals surface area contributed by atoms with E-state index in [0.717, 1.165) is 17.6 Å². The fourth-order valence-electron chi connectivity index (χ4n) is 4.92. The highest BCUT2D eigenvalue weighted by Gasteiger charge is 2.54. The van der Waals surface area contributed by atoms with Gasteiger partial charge in [0.1, 0.15) is 0 Å². The highest BCUT2D eigenvalue weighted by atomic mass is 35.5. The summed E-state index contributed by atoms with van der Waals surface area (Å²) in [6.45, 7) is 1.15. The van der Waals surface area contributed by atoms with Gasteiger partial charge in [-0.05, 0) is 61.6 Å². The van der Waals surface area contributed by atoms with Crippen molar-refractivity contribution < 1.29 is 0 Å². The predicted octanol–water partition coefficient (Wildman–Crippen LogP) is 5.07. The molecule has 3 fully saturated rings. The van der Waals surface area contributed by atoms with Crippen LogP contribution in [0.2, 0.25) is 5.02 Å². The first-order chi connectivity index (χ1) is 10.2. The van der Waals surface area contributed by atoms with Gasteiger partial charge in [-0.25, -0.2) is 0 Å². The minimum absolute atomic E-state index is 0.352. The minimum atomic E-state index is 0.352. The molecule has 3 aliphatic rings. The van der Waals surface area contributed by atoms with Gasteiger partial charge >= 0.3 is 0 Å². The van der Waals surface area contributed by atoms with Gasteiger partial charge in [0.2, 0.25) is 0 Å². The average molecular weight is 304 g/mol. The Bertz CT molecular complexity index is 506. The van der Waals surface area contributed by atoms with Gasteiger partial charge in [-0.1, -0.05) is 43.0 Å². The Labute approximate surface area is 133 Å². The van der Waals surface area contributed by atoms with Crippen molar-refractivity contribution in [2.45, 2.75) is 69.2 Å². The first-order valence-electron chi connectivity index (χ1n) is 8.69. The smallest absolute Gasteiger partial charge is 0.0408 e. The molecule has 4 rings (SSSR count). The van der Waals surface area contributed by atoms with Gasteiger partial charge in [0.05, 0.1) is 0 Å². The van der Waals surface area contributed by atoms with Gasteiger partial charge in [0, 0.05) is 23.0 Å². The summed E-state index contributed by atoms with van der Waals surface area (Å²) >= 11 is 6.26. The molecule has 3 saturated carbocycles. The van der Waals surface area contributed by atoms with Gasteiger partial charge in [-0.2, -0.15) is 0 Å². The van der Waals surface area contributed by atoms with Crippen LogP contribution in [0.25, 0.3) is 0 Å². The molecule has 1 N–H and O–H groups in total. The molecule has 0 amide bonds. The number of benzene rings is 1. The van der Waals surface area contributed by atoms with Crippen LogP contribution in [-0.4, -0.2) is 12.6 Å². The lowest BCUT2D eigenvalue weighted by Gasteiger charge is -2.59. The molecule has 1 nitrogen and oxygen atoms in total. The number of nitrogens with one attached hydrogen (secondary N) is 1. The maximum absolute atomic E-state index is 6.26. The molecule has 0 heterocycles. The standard InChI is InChI=1S/C19H26ClN/c20-16-6-4-5-15(11-16)19(14-21-17-7-8-17)12-18(13-19)9-2-1-3-10-18/h4-6,11,17,21H,1-3,7-10,12-14H2. The maximum atomic E-state index is 6.26. The monoisotopic (exact) mass is 303 g/mol. The third kappa shape index (κ3) is 2.75. The summed E-state index contributed by atoms with van der Waals surface area (Å²) < 4.78 is 0. The Balaban J connectivity index is 1.55. The zero-order valence-electron chi connectivity index (χ0n) is 12.8. The molecule has 0 radical (unpaired) electrons. The minimum Gasteiger partial charge on any atom is -0.313 e. The lowest BCUT2D eigenvalue weighted by molar-refractivity contribution is -0.0129. The molecular formula is C19H26ClN. The third-order valence-electron chi connectivity index (χ3n) is 6.08. The van der Waals surface area contributed by atoms with Crippen molar-refractivity contribution in [2.24, 2.45) is 5.41 Å². The van der Waals surface area contributed by atoms with E-state index in [1.54, 1.807) is 0 Å². The Hall–Kier alpha value is -0.530. The van der Waals surface area contributed by atoms with Crippen molar-refractivity contribution in [1.29, 1.82) is 0 Å². The van der Waals surface area contributed by atoms with E-state index in [9.17, 15) is 0 Å². The van der Waals surface area contributed by atoms with Crippen LogP contribution in [0.5, 0.6) is 0 Å². The van der Waals surface area contributed by atoms with Gasteiger partial charge < -0.3 is 5.32 Å². The second-order valence-electron chi connectivity index (χ2n) is 7.86. The maximum Gasteiger partial charge on any atom is 0.0408 e. The van der Waals surface area contributed by atoms with Crippen molar-refractivity contribution in [2.75, 3.05) is 6.54 Å². The summed E-state index contributed by atoms with van der Waals surface area (Å²) in [5.41, 5.74) is 2.48. The first kappa shape index (κ1) is 14.1. The van der Waals surface area contributed by atoms with E-state index in [2.05, 4.69) is 23.5 Å². The number of halogens is 1. The van der Waals surface area contributed by atoms with E-state index in [0.29, 0.717) is 10.8 Å². The molecule has 0 aromatic heterocycles. The summed E-state index contributed by atoms with van der Waals surface area (Å²) in [4.78, 5) is 0. The molecule has 0 bridgehead atoms. The quantitative estimate of drug-likeness (QED) is 0.818. The topological polar surface area (TPSA) is 12.0 Å². The Morgan fingerprint density at radius 2 is 1.86 bits per heavy atom. The summed E-state index contributed by atoms with van der Waals surface area (Å²) in [6, 6.07) is 9.44. The Morgan fingerprint density at radius 1 is 1.10 bits per heavy atom. The molecule has 1 aromatic rings. The zero-order chi connectivity index (χ0) is 14.3. The number of hydrogen-bond acceptors (Lipinski definition) is 1. The number of rotatable bonds is 4. The molecule has 0 unspecified atom stereocenters. The van der Waals surface area contributed by atoms with Crippen molar-refractivity contribution in [3.8, 4) is 0 Å². The highest BCUT2D eigenvalue weighted by Crippen LogP contribution is 2.61. The SMILES string of the molecule is Clc1cccc(C2(CNC3CC3)CC3(CCCCC3)C2)c1. The fourth-order valence-corrected chi connectivity index (χ4v) is 5.11. The molecule has 2 heteroatoms. The molecule has 1 aromatic carbocycles. The van der Waals surface area contributed by atoms with Crippen LogP contribution < -0.4 is 5.32 Å². The van der Waals surface area contributed by atoms with Crippen LogP contribution in [-0.2, 0) is 5.41 Å². The fraction of sp³-hybridized carbons (Fsp3) is 0.684. The van der Waals surface area contributed by atoms with E-state index in [-0.39, 0.29) is 0 Å². The molecule has 0 atom stereocenters. The highest BCUT2D eigenvalue weighted by molar-refractivity contribution is 6.30. The lowest BCUT2D eigenvalue weighted by atomic mass is 9.46. The van der Waals surface area contributed by atoms with E-state index in [1.807, 2.05) is 6.07 Å².